The second-order valence-corrected chi connectivity index (χ2v) is 7.02. The quantitative estimate of drug-likeness (QED) is 0.314. The molecule has 33 heavy (non-hydrogen) atoms. The van der Waals surface area contributed by atoms with Crippen molar-refractivity contribution in [1.82, 2.24) is 4.90 Å². The maximum atomic E-state index is 13.3. The number of nitro groups is 1. The van der Waals surface area contributed by atoms with E-state index in [4.69, 9.17) is 13.9 Å². The monoisotopic (exact) mass is 449 g/mol. The number of carbonyl (C=O) groups excluding carboxylic acids is 2. The highest BCUT2D eigenvalue weighted by Gasteiger charge is 2.39. The largest absolute Gasteiger partial charge is 0.493 e. The predicted molar refractivity (Wildman–Crippen MR) is 117 cm³/mol. The molecule has 2 amide bonds. The summed E-state index contributed by atoms with van der Waals surface area (Å²) in [4.78, 5) is 38.1. The number of anilines is 1. The SMILES string of the molecule is COc1ccc(NC2=C(c3ccc([N+](=O)[O-])cc3)C(=O)N(Cc3ccco3)C2=O)cc1OC. The maximum Gasteiger partial charge on any atom is 0.278 e. The number of furan rings is 1. The van der Waals surface area contributed by atoms with Crippen LogP contribution in [0.4, 0.5) is 11.4 Å². The molecule has 168 valence electrons. The number of nitrogens with one attached hydrogen (secondary N) is 1. The Morgan fingerprint density at radius 3 is 2.33 bits per heavy atom. The fraction of sp³-hybridized carbons (Fsp3) is 0.130. The summed E-state index contributed by atoms with van der Waals surface area (Å²) < 4.78 is 15.8. The molecule has 1 N–H and O–H groups in total. The van der Waals surface area contributed by atoms with Gasteiger partial charge in [-0.05, 0) is 42.0 Å². The minimum atomic E-state index is -0.556. The number of amides is 2. The van der Waals surface area contributed by atoms with E-state index in [0.717, 1.165) is 4.90 Å². The lowest BCUT2D eigenvalue weighted by Gasteiger charge is -2.14. The fourth-order valence-corrected chi connectivity index (χ4v) is 3.47. The van der Waals surface area contributed by atoms with Gasteiger partial charge in [0, 0.05) is 23.9 Å². The van der Waals surface area contributed by atoms with Gasteiger partial charge in [-0.15, -0.1) is 0 Å². The fourth-order valence-electron chi connectivity index (χ4n) is 3.47. The first kappa shape index (κ1) is 21.6. The van der Waals surface area contributed by atoms with Gasteiger partial charge in [-0.1, -0.05) is 0 Å². The van der Waals surface area contributed by atoms with Crippen molar-refractivity contribution in [3.05, 3.63) is 88.0 Å². The number of nitrogens with zero attached hydrogens (tertiary/aromatic N) is 2. The second-order valence-electron chi connectivity index (χ2n) is 7.02. The van der Waals surface area contributed by atoms with Gasteiger partial charge < -0.3 is 19.2 Å². The zero-order valence-corrected chi connectivity index (χ0v) is 17.7. The molecule has 1 aromatic heterocycles. The predicted octanol–water partition coefficient (Wildman–Crippen LogP) is 3.60. The Hall–Kier alpha value is -4.60. The Labute approximate surface area is 188 Å². The lowest BCUT2D eigenvalue weighted by molar-refractivity contribution is -0.384. The number of methoxy groups -OCH3 is 2. The molecule has 10 nitrogen and oxygen atoms in total. The topological polar surface area (TPSA) is 124 Å². The third-order valence-corrected chi connectivity index (χ3v) is 5.08. The average Bonchev–Trinajstić information content (AvgIpc) is 3.42. The second kappa shape index (κ2) is 8.87. The minimum Gasteiger partial charge on any atom is -0.493 e. The first-order valence-electron chi connectivity index (χ1n) is 9.79. The Balaban J connectivity index is 1.76. The molecule has 0 fully saturated rings. The molecule has 10 heteroatoms. The van der Waals surface area contributed by atoms with Gasteiger partial charge in [0.15, 0.2) is 11.5 Å². The van der Waals surface area contributed by atoms with Crippen LogP contribution in [-0.2, 0) is 16.1 Å². The minimum absolute atomic E-state index is 0.0348. The lowest BCUT2D eigenvalue weighted by atomic mass is 10.0. The number of ether oxygens (including phenoxy) is 2. The summed E-state index contributed by atoms with van der Waals surface area (Å²) in [5, 5.41) is 14.0. The van der Waals surface area contributed by atoms with Gasteiger partial charge >= 0.3 is 0 Å². The molecular formula is C23H19N3O7. The zero-order valence-electron chi connectivity index (χ0n) is 17.7. The molecule has 4 rings (SSSR count). The molecule has 0 radical (unpaired) electrons. The highest BCUT2D eigenvalue weighted by atomic mass is 16.6. The van der Waals surface area contributed by atoms with Crippen molar-refractivity contribution < 1.29 is 28.4 Å². The van der Waals surface area contributed by atoms with E-state index in [1.807, 2.05) is 0 Å². The number of rotatable bonds is 8. The Bertz CT molecular complexity index is 1250. The standard InChI is InChI=1S/C23H19N3O7/c1-31-18-10-7-15(12-19(18)32-2)24-21-20(14-5-8-16(9-6-14)26(29)30)22(27)25(23(21)28)13-17-4-3-11-33-17/h3-12,24H,13H2,1-2H3. The molecule has 0 bridgehead atoms. The van der Waals surface area contributed by atoms with E-state index in [0.29, 0.717) is 28.5 Å². The van der Waals surface area contributed by atoms with Crippen LogP contribution in [0.3, 0.4) is 0 Å². The molecule has 2 aromatic carbocycles. The summed E-state index contributed by atoms with van der Waals surface area (Å²) in [5.41, 5.74) is 0.855. The van der Waals surface area contributed by atoms with Crippen LogP contribution in [0.25, 0.3) is 5.57 Å². The average molecular weight is 449 g/mol. The summed E-state index contributed by atoms with van der Waals surface area (Å²) in [6.07, 6.45) is 1.45. The third kappa shape index (κ3) is 4.13. The van der Waals surface area contributed by atoms with Crippen LogP contribution in [0.1, 0.15) is 11.3 Å². The van der Waals surface area contributed by atoms with Crippen LogP contribution in [0.5, 0.6) is 11.5 Å². The van der Waals surface area contributed by atoms with Crippen molar-refractivity contribution >= 4 is 28.8 Å². The molecule has 0 saturated carbocycles. The Morgan fingerprint density at radius 2 is 1.73 bits per heavy atom. The van der Waals surface area contributed by atoms with Gasteiger partial charge in [0.1, 0.15) is 11.5 Å². The number of non-ortho nitro benzene ring substituents is 1. The van der Waals surface area contributed by atoms with Crippen molar-refractivity contribution in [2.24, 2.45) is 0 Å². The van der Waals surface area contributed by atoms with Gasteiger partial charge in [-0.3, -0.25) is 24.6 Å². The normalized spacial score (nSPS) is 13.5. The van der Waals surface area contributed by atoms with Gasteiger partial charge in [-0.25, -0.2) is 0 Å². The van der Waals surface area contributed by atoms with Crippen LogP contribution < -0.4 is 14.8 Å². The molecule has 0 unspecified atom stereocenters. The van der Waals surface area contributed by atoms with Crippen LogP contribution in [0.2, 0.25) is 0 Å². The van der Waals surface area contributed by atoms with Gasteiger partial charge in [0.25, 0.3) is 17.5 Å². The molecule has 0 aliphatic carbocycles. The van der Waals surface area contributed by atoms with Crippen molar-refractivity contribution in [3.63, 3.8) is 0 Å². The number of imide groups is 1. The number of nitro benzene ring substituents is 1. The summed E-state index contributed by atoms with van der Waals surface area (Å²) in [7, 11) is 2.99. The van der Waals surface area contributed by atoms with Gasteiger partial charge in [0.05, 0.1) is 37.5 Å². The van der Waals surface area contributed by atoms with Crippen molar-refractivity contribution in [2.75, 3.05) is 19.5 Å². The smallest absolute Gasteiger partial charge is 0.278 e. The molecule has 0 spiro atoms. The summed E-state index contributed by atoms with van der Waals surface area (Å²) in [6.45, 7) is -0.0573. The van der Waals surface area contributed by atoms with E-state index in [1.54, 1.807) is 30.3 Å². The molecule has 1 aliphatic heterocycles. The van der Waals surface area contributed by atoms with Crippen molar-refractivity contribution in [2.45, 2.75) is 6.54 Å². The van der Waals surface area contributed by atoms with Crippen LogP contribution in [0, 0.1) is 10.1 Å². The molecule has 0 atom stereocenters. The van der Waals surface area contributed by atoms with Gasteiger partial charge in [-0.2, -0.15) is 0 Å². The Morgan fingerprint density at radius 1 is 1.00 bits per heavy atom. The first-order chi connectivity index (χ1) is 15.9. The summed E-state index contributed by atoms with van der Waals surface area (Å²) in [6, 6.07) is 13.7. The van der Waals surface area contributed by atoms with E-state index in [1.165, 1.54) is 44.7 Å². The molecule has 1 aliphatic rings. The molecule has 2 heterocycles. The highest BCUT2D eigenvalue weighted by molar-refractivity contribution is 6.36. The van der Waals surface area contributed by atoms with Crippen LogP contribution in [-0.4, -0.2) is 35.9 Å². The van der Waals surface area contributed by atoms with Crippen LogP contribution >= 0.6 is 0 Å². The summed E-state index contributed by atoms with van der Waals surface area (Å²) in [5.74, 6) is 0.268. The van der Waals surface area contributed by atoms with Crippen molar-refractivity contribution in [1.29, 1.82) is 0 Å². The van der Waals surface area contributed by atoms with Crippen LogP contribution in [0.15, 0.2) is 71.0 Å². The number of hydrogen-bond donors (Lipinski definition) is 1. The van der Waals surface area contributed by atoms with Gasteiger partial charge in [0.2, 0.25) is 0 Å². The van der Waals surface area contributed by atoms with E-state index < -0.39 is 16.7 Å². The van der Waals surface area contributed by atoms with E-state index in [9.17, 15) is 19.7 Å². The summed E-state index contributed by atoms with van der Waals surface area (Å²) >= 11 is 0. The molecule has 0 saturated heterocycles. The maximum absolute atomic E-state index is 13.3. The number of carbonyl (C=O) groups is 2. The highest BCUT2D eigenvalue weighted by Crippen LogP contribution is 2.35. The number of benzene rings is 2. The van der Waals surface area contributed by atoms with E-state index >= 15 is 0 Å². The third-order valence-electron chi connectivity index (χ3n) is 5.08. The first-order valence-corrected chi connectivity index (χ1v) is 9.79. The molecule has 3 aromatic rings. The van der Waals surface area contributed by atoms with Crippen molar-refractivity contribution in [3.8, 4) is 11.5 Å². The van der Waals surface area contributed by atoms with E-state index in [2.05, 4.69) is 5.32 Å². The lowest BCUT2D eigenvalue weighted by Crippen LogP contribution is -2.31. The van der Waals surface area contributed by atoms with E-state index in [-0.39, 0.29) is 23.5 Å². The molecular weight excluding hydrogens is 430 g/mol. The Kier molecular flexibility index (Phi) is 5.81. The zero-order chi connectivity index (χ0) is 23.5. The number of hydrogen-bond acceptors (Lipinski definition) is 8.